The molecule has 27 heavy (non-hydrogen) atoms. The molecule has 1 fully saturated rings. The van der Waals surface area contributed by atoms with Crippen LogP contribution in [-0.2, 0) is 19.3 Å². The first kappa shape index (κ1) is 20.2. The van der Waals surface area contributed by atoms with Gasteiger partial charge < -0.3 is 9.64 Å². The predicted molar refractivity (Wildman–Crippen MR) is 115 cm³/mol. The third-order valence-corrected chi connectivity index (χ3v) is 6.33. The Kier molecular flexibility index (Phi) is 7.20. The predicted octanol–water partition coefficient (Wildman–Crippen LogP) is 5.18. The first-order chi connectivity index (χ1) is 12.8. The third-order valence-electron chi connectivity index (χ3n) is 6.33. The van der Waals surface area contributed by atoms with E-state index >= 15 is 0 Å². The van der Waals surface area contributed by atoms with Gasteiger partial charge in [0.2, 0.25) is 0 Å². The lowest BCUT2D eigenvalue weighted by Crippen LogP contribution is -2.38. The van der Waals surface area contributed by atoms with Crippen molar-refractivity contribution in [3.05, 3.63) is 65.2 Å². The van der Waals surface area contributed by atoms with Crippen molar-refractivity contribution in [2.45, 2.75) is 38.5 Å². The average molecular weight is 386 g/mol. The molecule has 0 bridgehead atoms. The molecule has 0 N–H and O–H groups in total. The lowest BCUT2D eigenvalue weighted by Gasteiger charge is -2.36. The van der Waals surface area contributed by atoms with Crippen LogP contribution in [0.3, 0.4) is 0 Å². The van der Waals surface area contributed by atoms with Gasteiger partial charge in [-0.05, 0) is 92.3 Å². The fourth-order valence-corrected chi connectivity index (χ4v) is 4.78. The van der Waals surface area contributed by atoms with E-state index in [0.29, 0.717) is 0 Å². The Balaban J connectivity index is 0.00000210. The van der Waals surface area contributed by atoms with Gasteiger partial charge >= 0.3 is 0 Å². The molecule has 2 aromatic rings. The fourth-order valence-electron chi connectivity index (χ4n) is 4.78. The Morgan fingerprint density at radius 3 is 2.44 bits per heavy atom. The van der Waals surface area contributed by atoms with Crippen molar-refractivity contribution in [1.29, 1.82) is 0 Å². The number of hydrogen-bond acceptors (Lipinski definition) is 2. The minimum Gasteiger partial charge on any atom is -0.497 e. The van der Waals surface area contributed by atoms with Crippen molar-refractivity contribution in [2.75, 3.05) is 26.7 Å². The van der Waals surface area contributed by atoms with Gasteiger partial charge in [0.1, 0.15) is 5.75 Å². The Morgan fingerprint density at radius 1 is 0.926 bits per heavy atom. The monoisotopic (exact) mass is 385 g/mol. The van der Waals surface area contributed by atoms with Crippen LogP contribution in [0.2, 0.25) is 0 Å². The summed E-state index contributed by atoms with van der Waals surface area (Å²) in [5.74, 6) is 2.69. The minimum atomic E-state index is 0. The maximum absolute atomic E-state index is 5.37. The lowest BCUT2D eigenvalue weighted by molar-refractivity contribution is 0.155. The number of aryl methyl sites for hydroxylation is 1. The second-order valence-corrected chi connectivity index (χ2v) is 8.18. The number of piperidine rings is 1. The Bertz CT molecular complexity index is 710. The van der Waals surface area contributed by atoms with Gasteiger partial charge in [-0.25, -0.2) is 0 Å². The average Bonchev–Trinajstić information content (AvgIpc) is 2.70. The van der Waals surface area contributed by atoms with Crippen molar-refractivity contribution >= 4 is 12.4 Å². The van der Waals surface area contributed by atoms with Gasteiger partial charge in [-0.15, -0.1) is 12.4 Å². The highest BCUT2D eigenvalue weighted by molar-refractivity contribution is 5.85. The summed E-state index contributed by atoms with van der Waals surface area (Å²) in [6, 6.07) is 17.7. The van der Waals surface area contributed by atoms with Gasteiger partial charge in [0.05, 0.1) is 7.11 Å². The molecule has 2 aliphatic rings. The number of hydrogen-bond donors (Lipinski definition) is 0. The Labute approximate surface area is 170 Å². The number of ether oxygens (including phenoxy) is 1. The zero-order valence-electron chi connectivity index (χ0n) is 16.4. The zero-order chi connectivity index (χ0) is 17.8. The summed E-state index contributed by atoms with van der Waals surface area (Å²) in [4.78, 5) is 2.72. The van der Waals surface area contributed by atoms with E-state index in [1.165, 1.54) is 69.3 Å². The summed E-state index contributed by atoms with van der Waals surface area (Å²) in [5, 5.41) is 0. The second-order valence-electron chi connectivity index (χ2n) is 8.18. The molecule has 1 atom stereocenters. The van der Waals surface area contributed by atoms with Crippen LogP contribution in [0.15, 0.2) is 48.5 Å². The molecule has 1 aliphatic carbocycles. The van der Waals surface area contributed by atoms with Crippen LogP contribution in [0, 0.1) is 11.8 Å². The van der Waals surface area contributed by atoms with Crippen LogP contribution < -0.4 is 4.74 Å². The van der Waals surface area contributed by atoms with Crippen LogP contribution in [-0.4, -0.2) is 31.6 Å². The van der Waals surface area contributed by atoms with E-state index in [0.717, 1.165) is 17.6 Å². The molecule has 0 saturated carbocycles. The number of fused-ring (bicyclic) bond motifs is 1. The molecule has 0 spiro atoms. The van der Waals surface area contributed by atoms with Crippen LogP contribution in [0.25, 0.3) is 0 Å². The first-order valence-electron chi connectivity index (χ1n) is 10.2. The van der Waals surface area contributed by atoms with Gasteiger partial charge in [0, 0.05) is 6.54 Å². The summed E-state index contributed by atoms with van der Waals surface area (Å²) in [7, 11) is 1.76. The molecule has 1 unspecified atom stereocenters. The molecular formula is C24H32ClNO. The standard InChI is InChI=1S/C24H31NO.ClH/c1-26-24-10-9-22-16-21(7-8-23(22)17-24)18-25-13-11-20(12-14-25)15-19-5-3-2-4-6-19;/h2-6,9-10,17,20-21H,7-8,11-16,18H2,1H3;1H. The SMILES string of the molecule is COc1ccc2c(c1)CCC(CN1CCC(Cc3ccccc3)CC1)C2.Cl. The maximum atomic E-state index is 5.37. The van der Waals surface area contributed by atoms with E-state index in [2.05, 4.69) is 53.4 Å². The van der Waals surface area contributed by atoms with Crippen LogP contribution in [0.1, 0.15) is 36.0 Å². The molecule has 1 aliphatic heterocycles. The third kappa shape index (κ3) is 5.27. The number of rotatable bonds is 5. The summed E-state index contributed by atoms with van der Waals surface area (Å²) in [6.45, 7) is 3.84. The number of benzene rings is 2. The molecular weight excluding hydrogens is 354 g/mol. The smallest absolute Gasteiger partial charge is 0.119 e. The van der Waals surface area contributed by atoms with E-state index < -0.39 is 0 Å². The van der Waals surface area contributed by atoms with Gasteiger partial charge in [-0.1, -0.05) is 36.4 Å². The quantitative estimate of drug-likeness (QED) is 0.703. The van der Waals surface area contributed by atoms with Crippen molar-refractivity contribution in [3.8, 4) is 5.75 Å². The molecule has 2 aromatic carbocycles. The summed E-state index contributed by atoms with van der Waals surface area (Å²) >= 11 is 0. The molecule has 1 saturated heterocycles. The fraction of sp³-hybridized carbons (Fsp3) is 0.500. The Hall–Kier alpha value is -1.51. The molecule has 0 amide bonds. The highest BCUT2D eigenvalue weighted by Crippen LogP contribution is 2.30. The molecule has 3 heteroatoms. The van der Waals surface area contributed by atoms with Gasteiger partial charge in [-0.2, -0.15) is 0 Å². The Morgan fingerprint density at radius 2 is 1.70 bits per heavy atom. The van der Waals surface area contributed by atoms with Crippen LogP contribution >= 0.6 is 12.4 Å². The molecule has 0 radical (unpaired) electrons. The minimum absolute atomic E-state index is 0. The molecule has 2 nitrogen and oxygen atoms in total. The van der Waals surface area contributed by atoms with E-state index in [9.17, 15) is 0 Å². The zero-order valence-corrected chi connectivity index (χ0v) is 17.2. The van der Waals surface area contributed by atoms with Crippen LogP contribution in [0.5, 0.6) is 5.75 Å². The van der Waals surface area contributed by atoms with Crippen molar-refractivity contribution in [1.82, 2.24) is 4.90 Å². The molecule has 0 aromatic heterocycles. The van der Waals surface area contributed by atoms with E-state index in [4.69, 9.17) is 4.74 Å². The van der Waals surface area contributed by atoms with Crippen molar-refractivity contribution in [3.63, 3.8) is 0 Å². The number of nitrogens with zero attached hydrogens (tertiary/aromatic N) is 1. The van der Waals surface area contributed by atoms with E-state index in [-0.39, 0.29) is 12.4 Å². The normalized spacial score (nSPS) is 20.6. The van der Waals surface area contributed by atoms with Gasteiger partial charge in [0.25, 0.3) is 0 Å². The second kappa shape index (κ2) is 9.61. The largest absolute Gasteiger partial charge is 0.497 e. The van der Waals surface area contributed by atoms with Gasteiger partial charge in [0.15, 0.2) is 0 Å². The van der Waals surface area contributed by atoms with E-state index in [1.807, 2.05) is 0 Å². The van der Waals surface area contributed by atoms with Crippen molar-refractivity contribution < 1.29 is 4.74 Å². The van der Waals surface area contributed by atoms with Crippen LogP contribution in [0.4, 0.5) is 0 Å². The number of methoxy groups -OCH3 is 1. The maximum Gasteiger partial charge on any atom is 0.119 e. The highest BCUT2D eigenvalue weighted by Gasteiger charge is 2.24. The molecule has 1 heterocycles. The molecule has 146 valence electrons. The molecule has 4 rings (SSSR count). The summed E-state index contributed by atoms with van der Waals surface area (Å²) < 4.78 is 5.37. The summed E-state index contributed by atoms with van der Waals surface area (Å²) in [6.07, 6.45) is 7.74. The number of halogens is 1. The first-order valence-corrected chi connectivity index (χ1v) is 10.2. The van der Waals surface area contributed by atoms with Gasteiger partial charge in [-0.3, -0.25) is 0 Å². The highest BCUT2D eigenvalue weighted by atomic mass is 35.5. The lowest BCUT2D eigenvalue weighted by atomic mass is 9.83. The number of likely N-dealkylation sites (tertiary alicyclic amines) is 1. The van der Waals surface area contributed by atoms with Crippen molar-refractivity contribution in [2.24, 2.45) is 11.8 Å². The summed E-state index contributed by atoms with van der Waals surface area (Å²) in [5.41, 5.74) is 4.55. The van der Waals surface area contributed by atoms with E-state index in [1.54, 1.807) is 12.7 Å². The topological polar surface area (TPSA) is 12.5 Å².